The van der Waals surface area contributed by atoms with Crippen LogP contribution in [0.1, 0.15) is 16.7 Å². The minimum Gasteiger partial charge on any atom is -0.494 e. The standard InChI is InChI=1S/C24H30N2O6/c27-14-20-23(29)24(30)21(28)13-26(20)12-17-3-1-16(2-4-17)11-25-19-7-5-18(6-8-19)22-15-31-9-10-32-22/h1-8,15,20-21,23-25,27-30H,9-14H2/t20-,21+,23-,24-/m1/s1. The van der Waals surface area contributed by atoms with Gasteiger partial charge in [-0.2, -0.15) is 0 Å². The molecular weight excluding hydrogens is 412 g/mol. The second-order valence-electron chi connectivity index (χ2n) is 8.18. The van der Waals surface area contributed by atoms with Crippen molar-refractivity contribution in [1.29, 1.82) is 0 Å². The molecule has 0 bridgehead atoms. The Morgan fingerprint density at radius 3 is 2.28 bits per heavy atom. The van der Waals surface area contributed by atoms with Gasteiger partial charge in [0.1, 0.15) is 31.7 Å². The Bertz CT molecular complexity index is 902. The van der Waals surface area contributed by atoms with E-state index in [9.17, 15) is 20.4 Å². The van der Waals surface area contributed by atoms with Gasteiger partial charge < -0.3 is 35.2 Å². The molecule has 0 unspecified atom stereocenters. The zero-order valence-electron chi connectivity index (χ0n) is 17.8. The van der Waals surface area contributed by atoms with Crippen LogP contribution in [0, 0.1) is 0 Å². The summed E-state index contributed by atoms with van der Waals surface area (Å²) in [6.45, 7) is 2.16. The molecule has 2 aliphatic heterocycles. The minimum absolute atomic E-state index is 0.191. The highest BCUT2D eigenvalue weighted by Gasteiger charge is 2.40. The topological polar surface area (TPSA) is 115 Å². The molecule has 2 aromatic carbocycles. The summed E-state index contributed by atoms with van der Waals surface area (Å²) in [6, 6.07) is 15.4. The molecule has 8 heteroatoms. The average molecular weight is 443 g/mol. The third kappa shape index (κ3) is 5.23. The number of aliphatic hydroxyl groups excluding tert-OH is 4. The fourth-order valence-corrected chi connectivity index (χ4v) is 4.03. The Balaban J connectivity index is 1.31. The molecule has 172 valence electrons. The molecule has 0 amide bonds. The number of likely N-dealkylation sites (tertiary alicyclic amines) is 1. The Kier molecular flexibility index (Phi) is 7.29. The lowest BCUT2D eigenvalue weighted by molar-refractivity contribution is -0.147. The average Bonchev–Trinajstić information content (AvgIpc) is 2.83. The highest BCUT2D eigenvalue weighted by molar-refractivity contribution is 5.62. The minimum atomic E-state index is -1.24. The Morgan fingerprint density at radius 2 is 1.62 bits per heavy atom. The van der Waals surface area contributed by atoms with E-state index in [-0.39, 0.29) is 13.2 Å². The molecule has 2 heterocycles. The van der Waals surface area contributed by atoms with Crippen molar-refractivity contribution in [2.24, 2.45) is 0 Å². The van der Waals surface area contributed by atoms with E-state index in [0.717, 1.165) is 28.1 Å². The molecule has 8 nitrogen and oxygen atoms in total. The molecule has 5 N–H and O–H groups in total. The molecule has 2 aliphatic rings. The van der Waals surface area contributed by atoms with Crippen molar-refractivity contribution in [3.05, 3.63) is 71.5 Å². The maximum Gasteiger partial charge on any atom is 0.161 e. The molecule has 32 heavy (non-hydrogen) atoms. The number of ether oxygens (including phenoxy) is 2. The van der Waals surface area contributed by atoms with Crippen LogP contribution >= 0.6 is 0 Å². The van der Waals surface area contributed by atoms with Gasteiger partial charge in [-0.3, -0.25) is 4.90 Å². The van der Waals surface area contributed by atoms with E-state index in [1.165, 1.54) is 0 Å². The van der Waals surface area contributed by atoms with E-state index in [0.29, 0.717) is 26.3 Å². The van der Waals surface area contributed by atoms with Gasteiger partial charge in [0, 0.05) is 30.9 Å². The first-order valence-corrected chi connectivity index (χ1v) is 10.8. The number of anilines is 1. The number of aliphatic hydroxyl groups is 4. The molecule has 0 aromatic heterocycles. The van der Waals surface area contributed by atoms with Crippen LogP contribution < -0.4 is 5.32 Å². The van der Waals surface area contributed by atoms with Crippen molar-refractivity contribution in [1.82, 2.24) is 4.90 Å². The van der Waals surface area contributed by atoms with Gasteiger partial charge in [-0.25, -0.2) is 0 Å². The quantitative estimate of drug-likeness (QED) is 0.430. The number of nitrogens with zero attached hydrogens (tertiary/aromatic N) is 1. The van der Waals surface area contributed by atoms with Crippen LogP contribution in [0.3, 0.4) is 0 Å². The lowest BCUT2D eigenvalue weighted by atomic mass is 9.93. The highest BCUT2D eigenvalue weighted by atomic mass is 16.6. The molecule has 1 saturated heterocycles. The van der Waals surface area contributed by atoms with Gasteiger partial charge in [-0.1, -0.05) is 24.3 Å². The Labute approximate surface area is 187 Å². The first-order chi connectivity index (χ1) is 15.5. The van der Waals surface area contributed by atoms with Crippen molar-refractivity contribution in [3.63, 3.8) is 0 Å². The van der Waals surface area contributed by atoms with Crippen molar-refractivity contribution >= 4 is 11.4 Å². The first-order valence-electron chi connectivity index (χ1n) is 10.8. The summed E-state index contributed by atoms with van der Waals surface area (Å²) in [5.41, 5.74) is 4.07. The maximum absolute atomic E-state index is 10.1. The largest absolute Gasteiger partial charge is 0.494 e. The third-order valence-corrected chi connectivity index (χ3v) is 5.94. The summed E-state index contributed by atoms with van der Waals surface area (Å²) >= 11 is 0. The number of nitrogens with one attached hydrogen (secondary N) is 1. The highest BCUT2D eigenvalue weighted by Crippen LogP contribution is 2.23. The van der Waals surface area contributed by atoms with Crippen LogP contribution in [0.4, 0.5) is 5.69 Å². The first kappa shape index (κ1) is 22.6. The van der Waals surface area contributed by atoms with Gasteiger partial charge in [0.25, 0.3) is 0 Å². The van der Waals surface area contributed by atoms with Crippen LogP contribution in [0.5, 0.6) is 0 Å². The number of hydrogen-bond donors (Lipinski definition) is 5. The number of piperidine rings is 1. The Hall–Kier alpha value is -2.62. The third-order valence-electron chi connectivity index (χ3n) is 5.94. The van der Waals surface area contributed by atoms with E-state index in [4.69, 9.17) is 9.47 Å². The van der Waals surface area contributed by atoms with Crippen molar-refractivity contribution in [2.45, 2.75) is 37.4 Å². The molecular formula is C24H30N2O6. The molecule has 0 saturated carbocycles. The van der Waals surface area contributed by atoms with Crippen LogP contribution in [-0.4, -0.2) is 76.0 Å². The SMILES string of the molecule is OC[C@@H]1[C@@H](O)[C@H](O)[C@@H](O)CN1Cc1ccc(CNc2ccc(C3=COCCO3)cc2)cc1. The van der Waals surface area contributed by atoms with E-state index in [1.807, 2.05) is 48.5 Å². The summed E-state index contributed by atoms with van der Waals surface area (Å²) < 4.78 is 10.9. The van der Waals surface area contributed by atoms with Crippen molar-refractivity contribution in [3.8, 4) is 0 Å². The monoisotopic (exact) mass is 442 g/mol. The van der Waals surface area contributed by atoms with Crippen LogP contribution in [0.25, 0.3) is 5.76 Å². The molecule has 4 rings (SSSR count). The van der Waals surface area contributed by atoms with E-state index in [2.05, 4.69) is 5.32 Å². The molecule has 2 aromatic rings. The molecule has 0 aliphatic carbocycles. The van der Waals surface area contributed by atoms with Gasteiger partial charge in [-0.15, -0.1) is 0 Å². The molecule has 0 spiro atoms. The molecule has 4 atom stereocenters. The summed E-state index contributed by atoms with van der Waals surface area (Å²) in [5, 5.41) is 42.9. The predicted molar refractivity (Wildman–Crippen MR) is 119 cm³/mol. The fourth-order valence-electron chi connectivity index (χ4n) is 4.03. The maximum atomic E-state index is 10.1. The lowest BCUT2D eigenvalue weighted by Crippen LogP contribution is -2.62. The van der Waals surface area contributed by atoms with Gasteiger partial charge in [0.15, 0.2) is 5.76 Å². The predicted octanol–water partition coefficient (Wildman–Crippen LogP) is 0.903. The molecule has 0 radical (unpaired) electrons. The summed E-state index contributed by atoms with van der Waals surface area (Å²) in [4.78, 5) is 1.80. The van der Waals surface area contributed by atoms with Crippen molar-refractivity contribution in [2.75, 3.05) is 31.7 Å². The number of rotatable bonds is 7. The second kappa shape index (κ2) is 10.3. The van der Waals surface area contributed by atoms with Crippen LogP contribution in [0.15, 0.2) is 54.8 Å². The zero-order chi connectivity index (χ0) is 22.5. The summed E-state index contributed by atoms with van der Waals surface area (Å²) in [5.74, 6) is 0.741. The second-order valence-corrected chi connectivity index (χ2v) is 8.18. The van der Waals surface area contributed by atoms with E-state index < -0.39 is 24.4 Å². The van der Waals surface area contributed by atoms with Gasteiger partial charge >= 0.3 is 0 Å². The zero-order valence-corrected chi connectivity index (χ0v) is 17.8. The van der Waals surface area contributed by atoms with Crippen LogP contribution in [0.2, 0.25) is 0 Å². The summed E-state index contributed by atoms with van der Waals surface area (Å²) in [7, 11) is 0. The fraction of sp³-hybridized carbons (Fsp3) is 0.417. The smallest absolute Gasteiger partial charge is 0.161 e. The van der Waals surface area contributed by atoms with Crippen molar-refractivity contribution < 1.29 is 29.9 Å². The summed E-state index contributed by atoms with van der Waals surface area (Å²) in [6.07, 6.45) is -1.83. The number of benzene rings is 2. The molecule has 1 fully saturated rings. The normalized spacial score (nSPS) is 26.1. The van der Waals surface area contributed by atoms with Gasteiger partial charge in [0.2, 0.25) is 0 Å². The number of hydrogen-bond acceptors (Lipinski definition) is 8. The Morgan fingerprint density at radius 1 is 0.906 bits per heavy atom. The number of β-amino-alcohol motifs (C(OH)–C–C–N with tert-alkyl or cyclic N) is 1. The van der Waals surface area contributed by atoms with E-state index in [1.54, 1.807) is 11.2 Å². The van der Waals surface area contributed by atoms with Gasteiger partial charge in [0.05, 0.1) is 18.8 Å². The van der Waals surface area contributed by atoms with Gasteiger partial charge in [-0.05, 0) is 35.4 Å². The lowest BCUT2D eigenvalue weighted by Gasteiger charge is -2.43. The van der Waals surface area contributed by atoms with Crippen LogP contribution in [-0.2, 0) is 22.6 Å². The van der Waals surface area contributed by atoms with E-state index >= 15 is 0 Å².